The summed E-state index contributed by atoms with van der Waals surface area (Å²) in [5.41, 5.74) is 1.08. The Hall–Kier alpha value is -0.280. The van der Waals surface area contributed by atoms with E-state index in [0.29, 0.717) is 10.0 Å². The van der Waals surface area contributed by atoms with E-state index in [1.807, 2.05) is 19.2 Å². The van der Waals surface area contributed by atoms with Crippen LogP contribution in [0, 0.1) is 0 Å². The van der Waals surface area contributed by atoms with Crippen LogP contribution in [0.3, 0.4) is 0 Å². The van der Waals surface area contributed by atoms with Crippen LogP contribution in [0.25, 0.3) is 0 Å². The highest BCUT2D eigenvalue weighted by Crippen LogP contribution is 2.38. The molecule has 1 aliphatic heterocycles. The summed E-state index contributed by atoms with van der Waals surface area (Å²) in [5.74, 6) is 0. The van der Waals surface area contributed by atoms with Crippen LogP contribution in [0.1, 0.15) is 51.1 Å². The average Bonchev–Trinajstić information content (AvgIpc) is 2.73. The monoisotopic (exact) mass is 328 g/mol. The van der Waals surface area contributed by atoms with Gasteiger partial charge >= 0.3 is 0 Å². The molecular formula is C17H26Cl2N2. The first-order valence-corrected chi connectivity index (χ1v) is 8.60. The van der Waals surface area contributed by atoms with E-state index in [1.165, 1.54) is 25.7 Å². The normalized spacial score (nSPS) is 19.3. The van der Waals surface area contributed by atoms with E-state index in [1.54, 1.807) is 0 Å². The molecule has 2 rings (SSSR count). The second-order valence-corrected chi connectivity index (χ2v) is 7.20. The van der Waals surface area contributed by atoms with Crippen LogP contribution in [-0.2, 0) is 0 Å². The molecule has 0 spiro atoms. The SMILES string of the molecule is CNC(c1cccc(Cl)c1Cl)C(C)(C)N1CCCCCC1. The van der Waals surface area contributed by atoms with Gasteiger partial charge in [-0.15, -0.1) is 0 Å². The molecule has 4 heteroatoms. The second kappa shape index (κ2) is 7.32. The topological polar surface area (TPSA) is 15.3 Å². The standard InChI is InChI=1S/C17H26Cl2N2/c1-17(2,21-11-6-4-5-7-12-21)16(20-3)13-9-8-10-14(18)15(13)19/h8-10,16,20H,4-7,11-12H2,1-3H3. The molecule has 2 nitrogen and oxygen atoms in total. The van der Waals surface area contributed by atoms with Gasteiger partial charge in [-0.3, -0.25) is 4.90 Å². The van der Waals surface area contributed by atoms with Crippen LogP contribution >= 0.6 is 23.2 Å². The Morgan fingerprint density at radius 2 is 1.71 bits per heavy atom. The van der Waals surface area contributed by atoms with E-state index in [2.05, 4.69) is 30.1 Å². The van der Waals surface area contributed by atoms with Gasteiger partial charge < -0.3 is 5.32 Å². The average molecular weight is 329 g/mol. The van der Waals surface area contributed by atoms with Crippen molar-refractivity contribution < 1.29 is 0 Å². The number of nitrogens with one attached hydrogen (secondary N) is 1. The lowest BCUT2D eigenvalue weighted by molar-refractivity contribution is 0.0865. The summed E-state index contributed by atoms with van der Waals surface area (Å²) in [6.45, 7) is 6.92. The molecule has 1 N–H and O–H groups in total. The van der Waals surface area contributed by atoms with Crippen LogP contribution in [-0.4, -0.2) is 30.6 Å². The number of hydrogen-bond acceptors (Lipinski definition) is 2. The van der Waals surface area contributed by atoms with Crippen molar-refractivity contribution in [2.24, 2.45) is 0 Å². The molecule has 118 valence electrons. The van der Waals surface area contributed by atoms with Crippen molar-refractivity contribution in [3.05, 3.63) is 33.8 Å². The number of halogens is 2. The number of likely N-dealkylation sites (N-methyl/N-ethyl adjacent to an activating group) is 1. The summed E-state index contributed by atoms with van der Waals surface area (Å²) < 4.78 is 0. The third-order valence-corrected chi connectivity index (χ3v) is 5.54. The molecule has 0 radical (unpaired) electrons. The molecule has 1 atom stereocenters. The molecule has 0 amide bonds. The van der Waals surface area contributed by atoms with Gasteiger partial charge in [-0.05, 0) is 58.5 Å². The van der Waals surface area contributed by atoms with Crippen molar-refractivity contribution >= 4 is 23.2 Å². The minimum atomic E-state index is -0.00654. The quantitative estimate of drug-likeness (QED) is 0.844. The summed E-state index contributed by atoms with van der Waals surface area (Å²) >= 11 is 12.7. The van der Waals surface area contributed by atoms with Gasteiger partial charge in [0.15, 0.2) is 0 Å². The molecule has 1 fully saturated rings. The Morgan fingerprint density at radius 3 is 2.29 bits per heavy atom. The molecule has 0 aromatic heterocycles. The fourth-order valence-corrected chi connectivity index (χ4v) is 3.88. The van der Waals surface area contributed by atoms with Gasteiger partial charge in [-0.2, -0.15) is 0 Å². The fraction of sp³-hybridized carbons (Fsp3) is 0.647. The summed E-state index contributed by atoms with van der Waals surface area (Å²) in [6, 6.07) is 6.06. The minimum absolute atomic E-state index is 0.00654. The van der Waals surface area contributed by atoms with Crippen molar-refractivity contribution in [2.75, 3.05) is 20.1 Å². The molecule has 1 aliphatic rings. The van der Waals surface area contributed by atoms with E-state index in [0.717, 1.165) is 18.7 Å². The maximum atomic E-state index is 6.45. The smallest absolute Gasteiger partial charge is 0.0640 e. The van der Waals surface area contributed by atoms with Gasteiger partial charge in [0.05, 0.1) is 16.1 Å². The van der Waals surface area contributed by atoms with Crippen molar-refractivity contribution in [3.8, 4) is 0 Å². The highest BCUT2D eigenvalue weighted by molar-refractivity contribution is 6.42. The first kappa shape index (κ1) is 17.1. The van der Waals surface area contributed by atoms with E-state index < -0.39 is 0 Å². The second-order valence-electron chi connectivity index (χ2n) is 6.42. The molecule has 0 saturated carbocycles. The Morgan fingerprint density at radius 1 is 1.10 bits per heavy atom. The largest absolute Gasteiger partial charge is 0.311 e. The zero-order valence-electron chi connectivity index (χ0n) is 13.3. The lowest BCUT2D eigenvalue weighted by atomic mass is 9.86. The number of rotatable bonds is 4. The van der Waals surface area contributed by atoms with Crippen molar-refractivity contribution in [1.29, 1.82) is 0 Å². The van der Waals surface area contributed by atoms with Crippen molar-refractivity contribution in [2.45, 2.75) is 51.1 Å². The third-order valence-electron chi connectivity index (χ3n) is 4.71. The molecule has 1 saturated heterocycles. The van der Waals surface area contributed by atoms with Gasteiger partial charge in [-0.1, -0.05) is 48.2 Å². The molecule has 0 bridgehead atoms. The zero-order valence-corrected chi connectivity index (χ0v) is 14.8. The Balaban J connectivity index is 2.31. The van der Waals surface area contributed by atoms with Gasteiger partial charge in [-0.25, -0.2) is 0 Å². The molecule has 1 aromatic rings. The van der Waals surface area contributed by atoms with Crippen LogP contribution in [0.4, 0.5) is 0 Å². The Labute approximate surface area is 138 Å². The predicted molar refractivity (Wildman–Crippen MR) is 92.4 cm³/mol. The highest BCUT2D eigenvalue weighted by Gasteiger charge is 2.36. The molecule has 1 unspecified atom stereocenters. The highest BCUT2D eigenvalue weighted by atomic mass is 35.5. The van der Waals surface area contributed by atoms with Gasteiger partial charge in [0.1, 0.15) is 0 Å². The molecule has 1 heterocycles. The van der Waals surface area contributed by atoms with Crippen molar-refractivity contribution in [1.82, 2.24) is 10.2 Å². The first-order valence-electron chi connectivity index (χ1n) is 7.84. The Bertz CT molecular complexity index is 466. The van der Waals surface area contributed by atoms with Crippen LogP contribution in [0.5, 0.6) is 0 Å². The van der Waals surface area contributed by atoms with E-state index in [4.69, 9.17) is 23.2 Å². The van der Waals surface area contributed by atoms with Gasteiger partial charge in [0, 0.05) is 5.54 Å². The summed E-state index contributed by atoms with van der Waals surface area (Å²) in [6.07, 6.45) is 5.25. The zero-order chi connectivity index (χ0) is 15.5. The Kier molecular flexibility index (Phi) is 5.96. The number of nitrogens with zero attached hydrogens (tertiary/aromatic N) is 1. The maximum Gasteiger partial charge on any atom is 0.0640 e. The lowest BCUT2D eigenvalue weighted by Gasteiger charge is -2.44. The number of hydrogen-bond donors (Lipinski definition) is 1. The molecule has 0 aliphatic carbocycles. The summed E-state index contributed by atoms with van der Waals surface area (Å²) in [7, 11) is 2.00. The minimum Gasteiger partial charge on any atom is -0.311 e. The van der Waals surface area contributed by atoms with E-state index >= 15 is 0 Å². The van der Waals surface area contributed by atoms with Crippen molar-refractivity contribution in [3.63, 3.8) is 0 Å². The molecule has 1 aromatic carbocycles. The molecular weight excluding hydrogens is 303 g/mol. The number of likely N-dealkylation sites (tertiary alicyclic amines) is 1. The molecule has 21 heavy (non-hydrogen) atoms. The van der Waals surface area contributed by atoms with Gasteiger partial charge in [0.2, 0.25) is 0 Å². The summed E-state index contributed by atoms with van der Waals surface area (Å²) in [5, 5.41) is 4.75. The summed E-state index contributed by atoms with van der Waals surface area (Å²) in [4.78, 5) is 2.60. The van der Waals surface area contributed by atoms with E-state index in [-0.39, 0.29) is 11.6 Å². The number of benzene rings is 1. The van der Waals surface area contributed by atoms with E-state index in [9.17, 15) is 0 Å². The van der Waals surface area contributed by atoms with Crippen LogP contribution in [0.2, 0.25) is 10.0 Å². The fourth-order valence-electron chi connectivity index (χ4n) is 3.46. The van der Waals surface area contributed by atoms with Gasteiger partial charge in [0.25, 0.3) is 0 Å². The third kappa shape index (κ3) is 3.73. The lowest BCUT2D eigenvalue weighted by Crippen LogP contribution is -2.52. The first-order chi connectivity index (χ1) is 9.98. The predicted octanol–water partition coefficient (Wildman–Crippen LogP) is 4.91. The maximum absolute atomic E-state index is 6.45. The van der Waals surface area contributed by atoms with Crippen LogP contribution < -0.4 is 5.32 Å². The van der Waals surface area contributed by atoms with Crippen LogP contribution in [0.15, 0.2) is 18.2 Å².